The molecule has 0 saturated heterocycles. The SMILES string of the molecule is CC(C(=O)O)C(C)C(=O)NC1CCCCC1N. The molecule has 5 heteroatoms. The van der Waals surface area contributed by atoms with Crippen molar-refractivity contribution in [3.63, 3.8) is 0 Å². The third-order valence-corrected chi connectivity index (χ3v) is 3.70. The summed E-state index contributed by atoms with van der Waals surface area (Å²) < 4.78 is 0. The van der Waals surface area contributed by atoms with Crippen LogP contribution < -0.4 is 11.1 Å². The second-order valence-electron chi connectivity index (χ2n) is 4.98. The van der Waals surface area contributed by atoms with E-state index in [2.05, 4.69) is 5.32 Å². The fourth-order valence-electron chi connectivity index (χ4n) is 2.09. The number of carboxylic acids is 1. The normalized spacial score (nSPS) is 28.2. The number of rotatable bonds is 4. The monoisotopic (exact) mass is 242 g/mol. The number of amides is 1. The van der Waals surface area contributed by atoms with Crippen LogP contribution in [0.5, 0.6) is 0 Å². The smallest absolute Gasteiger partial charge is 0.307 e. The molecule has 1 aliphatic rings. The number of hydrogen-bond acceptors (Lipinski definition) is 3. The Balaban J connectivity index is 2.50. The van der Waals surface area contributed by atoms with Gasteiger partial charge in [-0.25, -0.2) is 0 Å². The average Bonchev–Trinajstić information content (AvgIpc) is 2.30. The standard InChI is InChI=1S/C12H22N2O3/c1-7(8(2)12(16)17)11(15)14-10-6-4-3-5-9(10)13/h7-10H,3-6,13H2,1-2H3,(H,14,15)(H,16,17). The first-order valence-corrected chi connectivity index (χ1v) is 6.22. The van der Waals surface area contributed by atoms with Gasteiger partial charge in [0.1, 0.15) is 0 Å². The van der Waals surface area contributed by atoms with Crippen molar-refractivity contribution in [2.24, 2.45) is 17.6 Å². The van der Waals surface area contributed by atoms with Crippen LogP contribution >= 0.6 is 0 Å². The average molecular weight is 242 g/mol. The molecule has 5 nitrogen and oxygen atoms in total. The van der Waals surface area contributed by atoms with Gasteiger partial charge in [-0.15, -0.1) is 0 Å². The lowest BCUT2D eigenvalue weighted by Gasteiger charge is -2.30. The Kier molecular flexibility index (Phi) is 4.93. The van der Waals surface area contributed by atoms with Crippen LogP contribution in [0.1, 0.15) is 39.5 Å². The first-order valence-electron chi connectivity index (χ1n) is 6.22. The molecule has 0 bridgehead atoms. The minimum absolute atomic E-state index is 0.0000317. The summed E-state index contributed by atoms with van der Waals surface area (Å²) in [6, 6.07) is -0.000251. The van der Waals surface area contributed by atoms with Crippen LogP contribution in [0.2, 0.25) is 0 Å². The van der Waals surface area contributed by atoms with E-state index in [9.17, 15) is 9.59 Å². The van der Waals surface area contributed by atoms with Gasteiger partial charge in [0.2, 0.25) is 5.91 Å². The highest BCUT2D eigenvalue weighted by atomic mass is 16.4. The molecule has 1 amide bonds. The number of carbonyl (C=O) groups excluding carboxylic acids is 1. The molecule has 1 saturated carbocycles. The van der Waals surface area contributed by atoms with E-state index in [0.29, 0.717) is 0 Å². The first-order chi connectivity index (χ1) is 7.93. The van der Waals surface area contributed by atoms with Crippen LogP contribution in [-0.4, -0.2) is 29.1 Å². The predicted octanol–water partition coefficient (Wildman–Crippen LogP) is 0.729. The number of nitrogens with two attached hydrogens (primary N) is 1. The summed E-state index contributed by atoms with van der Waals surface area (Å²) in [6.45, 7) is 3.19. The fraction of sp³-hybridized carbons (Fsp3) is 0.833. The summed E-state index contributed by atoms with van der Waals surface area (Å²) in [6.07, 6.45) is 3.99. The zero-order valence-electron chi connectivity index (χ0n) is 10.5. The van der Waals surface area contributed by atoms with Crippen LogP contribution in [0.4, 0.5) is 0 Å². The fourth-order valence-corrected chi connectivity index (χ4v) is 2.09. The topological polar surface area (TPSA) is 92.4 Å². The summed E-state index contributed by atoms with van der Waals surface area (Å²) in [5.74, 6) is -2.35. The molecule has 4 N–H and O–H groups in total. The Morgan fingerprint density at radius 3 is 2.35 bits per heavy atom. The molecule has 0 aromatic carbocycles. The highest BCUT2D eigenvalue weighted by Crippen LogP contribution is 2.18. The van der Waals surface area contributed by atoms with Gasteiger partial charge in [0, 0.05) is 18.0 Å². The molecule has 0 radical (unpaired) electrons. The summed E-state index contributed by atoms with van der Waals surface area (Å²) in [5.41, 5.74) is 5.93. The van der Waals surface area contributed by atoms with Gasteiger partial charge >= 0.3 is 5.97 Å². The zero-order valence-corrected chi connectivity index (χ0v) is 10.5. The van der Waals surface area contributed by atoms with E-state index in [1.807, 2.05) is 0 Å². The summed E-state index contributed by atoms with van der Waals surface area (Å²) in [4.78, 5) is 22.7. The van der Waals surface area contributed by atoms with E-state index in [1.54, 1.807) is 13.8 Å². The molecular weight excluding hydrogens is 220 g/mol. The van der Waals surface area contributed by atoms with Crippen molar-refractivity contribution in [1.29, 1.82) is 0 Å². The molecule has 1 aliphatic carbocycles. The van der Waals surface area contributed by atoms with Crippen LogP contribution in [0.25, 0.3) is 0 Å². The molecule has 0 spiro atoms. The van der Waals surface area contributed by atoms with Crippen molar-refractivity contribution in [3.05, 3.63) is 0 Å². The largest absolute Gasteiger partial charge is 0.481 e. The maximum absolute atomic E-state index is 11.9. The molecule has 4 atom stereocenters. The first kappa shape index (κ1) is 14.0. The Labute approximate surface area is 102 Å². The Morgan fingerprint density at radius 2 is 1.82 bits per heavy atom. The van der Waals surface area contributed by atoms with Gasteiger partial charge < -0.3 is 16.2 Å². The van der Waals surface area contributed by atoms with Gasteiger partial charge in [0.05, 0.1) is 5.92 Å². The van der Waals surface area contributed by atoms with Gasteiger partial charge in [-0.3, -0.25) is 9.59 Å². The van der Waals surface area contributed by atoms with Crippen molar-refractivity contribution >= 4 is 11.9 Å². The molecule has 0 heterocycles. The van der Waals surface area contributed by atoms with Crippen molar-refractivity contribution in [1.82, 2.24) is 5.32 Å². The Bertz CT molecular complexity index is 293. The highest BCUT2D eigenvalue weighted by Gasteiger charge is 2.29. The van der Waals surface area contributed by atoms with Gasteiger partial charge in [-0.05, 0) is 12.8 Å². The second kappa shape index (κ2) is 6.00. The van der Waals surface area contributed by atoms with E-state index >= 15 is 0 Å². The molecule has 0 aromatic rings. The molecule has 0 aromatic heterocycles. The van der Waals surface area contributed by atoms with E-state index in [0.717, 1.165) is 25.7 Å². The molecular formula is C12H22N2O3. The molecule has 1 fully saturated rings. The van der Waals surface area contributed by atoms with E-state index in [4.69, 9.17) is 10.8 Å². The Hall–Kier alpha value is -1.10. The lowest BCUT2D eigenvalue weighted by Crippen LogP contribution is -2.51. The van der Waals surface area contributed by atoms with Crippen LogP contribution in [0.15, 0.2) is 0 Å². The number of hydrogen-bond donors (Lipinski definition) is 3. The van der Waals surface area contributed by atoms with Crippen molar-refractivity contribution in [2.45, 2.75) is 51.6 Å². The third kappa shape index (κ3) is 3.70. The zero-order chi connectivity index (χ0) is 13.0. The van der Waals surface area contributed by atoms with Crippen molar-refractivity contribution in [2.75, 3.05) is 0 Å². The van der Waals surface area contributed by atoms with Gasteiger partial charge in [0.25, 0.3) is 0 Å². The molecule has 98 valence electrons. The highest BCUT2D eigenvalue weighted by molar-refractivity contribution is 5.84. The maximum Gasteiger partial charge on any atom is 0.307 e. The van der Waals surface area contributed by atoms with Gasteiger partial charge in [0.15, 0.2) is 0 Å². The minimum Gasteiger partial charge on any atom is -0.481 e. The number of carbonyl (C=O) groups is 2. The second-order valence-corrected chi connectivity index (χ2v) is 4.98. The Morgan fingerprint density at radius 1 is 1.24 bits per heavy atom. The van der Waals surface area contributed by atoms with E-state index in [-0.39, 0.29) is 18.0 Å². The van der Waals surface area contributed by atoms with E-state index in [1.165, 1.54) is 0 Å². The van der Waals surface area contributed by atoms with E-state index < -0.39 is 17.8 Å². The van der Waals surface area contributed by atoms with Crippen LogP contribution in [0.3, 0.4) is 0 Å². The van der Waals surface area contributed by atoms with Gasteiger partial charge in [-0.2, -0.15) is 0 Å². The van der Waals surface area contributed by atoms with Gasteiger partial charge in [-0.1, -0.05) is 26.7 Å². The third-order valence-electron chi connectivity index (χ3n) is 3.70. The maximum atomic E-state index is 11.9. The molecule has 1 rings (SSSR count). The summed E-state index contributed by atoms with van der Waals surface area (Å²) in [5, 5.41) is 11.7. The van der Waals surface area contributed by atoms with Crippen LogP contribution in [0, 0.1) is 11.8 Å². The molecule has 0 aliphatic heterocycles. The quantitative estimate of drug-likeness (QED) is 0.677. The summed E-state index contributed by atoms with van der Waals surface area (Å²) in [7, 11) is 0. The van der Waals surface area contributed by atoms with Crippen LogP contribution in [-0.2, 0) is 9.59 Å². The predicted molar refractivity (Wildman–Crippen MR) is 64.3 cm³/mol. The summed E-state index contributed by atoms with van der Waals surface area (Å²) >= 11 is 0. The number of nitrogens with one attached hydrogen (secondary N) is 1. The number of carboxylic acid groups (broad SMARTS) is 1. The lowest BCUT2D eigenvalue weighted by molar-refractivity contribution is -0.146. The van der Waals surface area contributed by atoms with Crippen molar-refractivity contribution in [3.8, 4) is 0 Å². The lowest BCUT2D eigenvalue weighted by atomic mass is 9.89. The van der Waals surface area contributed by atoms with Crippen molar-refractivity contribution < 1.29 is 14.7 Å². The molecule has 4 unspecified atom stereocenters. The number of aliphatic carboxylic acids is 1. The minimum atomic E-state index is -0.944. The molecule has 17 heavy (non-hydrogen) atoms.